The Hall–Kier alpha value is -1.30. The molecule has 3 rings (SSSR count). The van der Waals surface area contributed by atoms with Crippen LogP contribution < -0.4 is 4.90 Å². The van der Waals surface area contributed by atoms with Crippen LogP contribution in [-0.2, 0) is 6.18 Å². The molecule has 104 valence electrons. The van der Waals surface area contributed by atoms with Gasteiger partial charge in [-0.15, -0.1) is 0 Å². The van der Waals surface area contributed by atoms with E-state index < -0.39 is 11.7 Å². The topological polar surface area (TPSA) is 36.4 Å². The fourth-order valence-electron chi connectivity index (χ4n) is 3.23. The summed E-state index contributed by atoms with van der Waals surface area (Å²) in [5.74, 6) is 0.590. The van der Waals surface area contributed by atoms with Crippen LogP contribution in [0.15, 0.2) is 18.3 Å². The van der Waals surface area contributed by atoms with Crippen molar-refractivity contribution in [2.24, 2.45) is 0 Å². The minimum Gasteiger partial charge on any atom is -0.393 e. The smallest absolute Gasteiger partial charge is 0.393 e. The quantitative estimate of drug-likeness (QED) is 0.853. The Labute approximate surface area is 109 Å². The largest absolute Gasteiger partial charge is 0.417 e. The molecule has 2 atom stereocenters. The van der Waals surface area contributed by atoms with Gasteiger partial charge in [-0.1, -0.05) is 0 Å². The summed E-state index contributed by atoms with van der Waals surface area (Å²) in [6, 6.07) is 2.93. The molecule has 2 bridgehead atoms. The van der Waals surface area contributed by atoms with Crippen molar-refractivity contribution in [2.75, 3.05) is 4.90 Å². The Morgan fingerprint density at radius 1 is 1.16 bits per heavy atom. The second-order valence-corrected chi connectivity index (χ2v) is 5.32. The molecule has 0 aromatic carbocycles. The number of piperidine rings is 1. The van der Waals surface area contributed by atoms with Gasteiger partial charge in [0.05, 0.1) is 11.7 Å². The van der Waals surface area contributed by atoms with Gasteiger partial charge in [0.25, 0.3) is 0 Å². The van der Waals surface area contributed by atoms with Crippen LogP contribution in [0.2, 0.25) is 0 Å². The average molecular weight is 272 g/mol. The zero-order chi connectivity index (χ0) is 13.6. The van der Waals surface area contributed by atoms with Crippen molar-refractivity contribution in [3.8, 4) is 0 Å². The number of anilines is 1. The van der Waals surface area contributed by atoms with Gasteiger partial charge in [-0.05, 0) is 37.8 Å². The summed E-state index contributed by atoms with van der Waals surface area (Å²) in [4.78, 5) is 6.04. The van der Waals surface area contributed by atoms with Crippen LogP contribution in [0.25, 0.3) is 0 Å². The molecule has 2 saturated heterocycles. The maximum Gasteiger partial charge on any atom is 0.417 e. The summed E-state index contributed by atoms with van der Waals surface area (Å²) in [5.41, 5.74) is -0.722. The number of nitrogens with zero attached hydrogens (tertiary/aromatic N) is 2. The highest BCUT2D eigenvalue weighted by atomic mass is 19.4. The first kappa shape index (κ1) is 12.7. The van der Waals surface area contributed by atoms with Crippen LogP contribution in [0.3, 0.4) is 0 Å². The molecule has 3 nitrogen and oxygen atoms in total. The normalized spacial score (nSPS) is 30.7. The van der Waals surface area contributed by atoms with Gasteiger partial charge in [0.2, 0.25) is 0 Å². The van der Waals surface area contributed by atoms with Crippen molar-refractivity contribution in [1.82, 2.24) is 4.98 Å². The molecule has 2 aliphatic heterocycles. The summed E-state index contributed by atoms with van der Waals surface area (Å²) in [5, 5.41) is 9.71. The molecular formula is C13H15F3N2O. The van der Waals surface area contributed by atoms with Crippen molar-refractivity contribution < 1.29 is 18.3 Å². The lowest BCUT2D eigenvalue weighted by Crippen LogP contribution is -2.45. The average Bonchev–Trinajstić information content (AvgIpc) is 2.61. The third-order valence-electron chi connectivity index (χ3n) is 4.05. The Morgan fingerprint density at radius 3 is 2.26 bits per heavy atom. The molecule has 2 unspecified atom stereocenters. The third kappa shape index (κ3) is 2.29. The Balaban J connectivity index is 1.84. The Morgan fingerprint density at radius 2 is 1.79 bits per heavy atom. The fraction of sp³-hybridized carbons (Fsp3) is 0.615. The molecule has 1 aromatic heterocycles. The van der Waals surface area contributed by atoms with E-state index in [2.05, 4.69) is 9.88 Å². The van der Waals surface area contributed by atoms with Crippen molar-refractivity contribution in [3.05, 3.63) is 23.9 Å². The monoisotopic (exact) mass is 272 g/mol. The molecule has 19 heavy (non-hydrogen) atoms. The number of alkyl halides is 3. The lowest BCUT2D eigenvalue weighted by Gasteiger charge is -2.38. The van der Waals surface area contributed by atoms with Gasteiger partial charge in [-0.3, -0.25) is 0 Å². The number of hydrogen-bond acceptors (Lipinski definition) is 3. The highest BCUT2D eigenvalue weighted by Crippen LogP contribution is 2.39. The number of pyridine rings is 1. The van der Waals surface area contributed by atoms with E-state index >= 15 is 0 Å². The van der Waals surface area contributed by atoms with E-state index in [0.29, 0.717) is 18.7 Å². The number of hydrogen-bond donors (Lipinski definition) is 1. The molecule has 1 aromatic rings. The predicted molar refractivity (Wildman–Crippen MR) is 63.8 cm³/mol. The summed E-state index contributed by atoms with van der Waals surface area (Å²) in [7, 11) is 0. The molecule has 2 fully saturated rings. The fourth-order valence-corrected chi connectivity index (χ4v) is 3.23. The van der Waals surface area contributed by atoms with Gasteiger partial charge in [0.1, 0.15) is 5.82 Å². The number of aromatic nitrogens is 1. The lowest BCUT2D eigenvalue weighted by atomic mass is 10.00. The lowest BCUT2D eigenvalue weighted by molar-refractivity contribution is -0.137. The van der Waals surface area contributed by atoms with E-state index in [1.165, 1.54) is 6.07 Å². The van der Waals surface area contributed by atoms with E-state index in [-0.39, 0.29) is 18.2 Å². The second kappa shape index (κ2) is 4.37. The van der Waals surface area contributed by atoms with Gasteiger partial charge < -0.3 is 10.0 Å². The van der Waals surface area contributed by atoms with Crippen LogP contribution in [0, 0.1) is 0 Å². The van der Waals surface area contributed by atoms with Crippen LogP contribution in [-0.4, -0.2) is 28.3 Å². The minimum absolute atomic E-state index is 0.206. The van der Waals surface area contributed by atoms with E-state index in [4.69, 9.17) is 0 Å². The number of fused-ring (bicyclic) bond motifs is 2. The summed E-state index contributed by atoms with van der Waals surface area (Å²) in [6.07, 6.45) is -0.432. The van der Waals surface area contributed by atoms with Crippen LogP contribution >= 0.6 is 0 Å². The van der Waals surface area contributed by atoms with Crippen LogP contribution in [0.4, 0.5) is 19.0 Å². The highest BCUT2D eigenvalue weighted by Gasteiger charge is 2.41. The first-order valence-electron chi connectivity index (χ1n) is 6.45. The first-order valence-corrected chi connectivity index (χ1v) is 6.45. The van der Waals surface area contributed by atoms with Gasteiger partial charge in [-0.25, -0.2) is 4.98 Å². The number of aliphatic hydroxyl groups excluding tert-OH is 1. The summed E-state index contributed by atoms with van der Waals surface area (Å²) < 4.78 is 37.5. The Kier molecular flexibility index (Phi) is 2.92. The van der Waals surface area contributed by atoms with E-state index in [0.717, 1.165) is 25.1 Å². The second-order valence-electron chi connectivity index (χ2n) is 5.32. The van der Waals surface area contributed by atoms with Gasteiger partial charge in [0, 0.05) is 18.3 Å². The zero-order valence-corrected chi connectivity index (χ0v) is 10.3. The van der Waals surface area contributed by atoms with Gasteiger partial charge >= 0.3 is 6.18 Å². The van der Waals surface area contributed by atoms with E-state index in [1.54, 1.807) is 0 Å². The van der Waals surface area contributed by atoms with Crippen LogP contribution in [0.5, 0.6) is 0 Å². The van der Waals surface area contributed by atoms with Gasteiger partial charge in [-0.2, -0.15) is 13.2 Å². The van der Waals surface area contributed by atoms with Crippen molar-refractivity contribution in [1.29, 1.82) is 0 Å². The van der Waals surface area contributed by atoms with E-state index in [1.807, 2.05) is 0 Å². The van der Waals surface area contributed by atoms with Crippen molar-refractivity contribution in [3.63, 3.8) is 0 Å². The minimum atomic E-state index is -4.34. The molecule has 0 spiro atoms. The summed E-state index contributed by atoms with van der Waals surface area (Å²) in [6.45, 7) is 0. The molecule has 3 heterocycles. The molecule has 6 heteroatoms. The zero-order valence-electron chi connectivity index (χ0n) is 10.3. The highest BCUT2D eigenvalue weighted by molar-refractivity contribution is 5.44. The predicted octanol–water partition coefficient (Wildman–Crippen LogP) is 2.59. The first-order chi connectivity index (χ1) is 8.95. The van der Waals surface area contributed by atoms with Crippen molar-refractivity contribution in [2.45, 2.75) is 50.0 Å². The maximum atomic E-state index is 12.5. The van der Waals surface area contributed by atoms with Crippen LogP contribution in [0.1, 0.15) is 31.2 Å². The molecule has 0 amide bonds. The standard InChI is InChI=1S/C13H15F3N2O/c14-13(15,16)8-1-4-12(17-7-8)18-9-2-3-10(18)6-11(19)5-9/h1,4,7,9-11,19H,2-3,5-6H2. The number of halogens is 3. The molecule has 0 aliphatic carbocycles. The van der Waals surface area contributed by atoms with Gasteiger partial charge in [0.15, 0.2) is 0 Å². The molecule has 1 N–H and O–H groups in total. The SMILES string of the molecule is OC1CC2CCC(C1)N2c1ccc(C(F)(F)F)cn1. The molecule has 0 radical (unpaired) electrons. The maximum absolute atomic E-state index is 12.5. The van der Waals surface area contributed by atoms with E-state index in [9.17, 15) is 18.3 Å². The molecule has 0 saturated carbocycles. The third-order valence-corrected chi connectivity index (χ3v) is 4.05. The molecular weight excluding hydrogens is 257 g/mol. The van der Waals surface area contributed by atoms with Crippen molar-refractivity contribution >= 4 is 5.82 Å². The Bertz CT molecular complexity index is 446. The molecule has 2 aliphatic rings. The summed E-state index contributed by atoms with van der Waals surface area (Å²) >= 11 is 0. The number of rotatable bonds is 1. The number of aliphatic hydroxyl groups is 1.